The van der Waals surface area contributed by atoms with Crippen LogP contribution < -0.4 is 15.4 Å². The van der Waals surface area contributed by atoms with Gasteiger partial charge >= 0.3 is 0 Å². The first-order valence-corrected chi connectivity index (χ1v) is 10.3. The number of benzene rings is 2. The summed E-state index contributed by atoms with van der Waals surface area (Å²) < 4.78 is 6.03. The Morgan fingerprint density at radius 3 is 2.66 bits per heavy atom. The van der Waals surface area contributed by atoms with Gasteiger partial charge in [-0.15, -0.1) is 0 Å². The van der Waals surface area contributed by atoms with Gasteiger partial charge in [-0.25, -0.2) is 4.99 Å². The Hall–Kier alpha value is -3.02. The van der Waals surface area contributed by atoms with Crippen molar-refractivity contribution in [3.63, 3.8) is 0 Å². The van der Waals surface area contributed by atoms with Gasteiger partial charge in [-0.1, -0.05) is 43.3 Å². The lowest BCUT2D eigenvalue weighted by Crippen LogP contribution is -2.45. The molecule has 6 heteroatoms. The zero-order valence-electron chi connectivity index (χ0n) is 17.2. The summed E-state index contributed by atoms with van der Waals surface area (Å²) >= 11 is 0. The molecule has 2 N–H and O–H groups in total. The maximum atomic E-state index is 11.9. The van der Waals surface area contributed by atoms with Gasteiger partial charge in [0.2, 0.25) is 5.91 Å². The molecule has 0 bridgehead atoms. The van der Waals surface area contributed by atoms with Crippen molar-refractivity contribution in [2.45, 2.75) is 39.3 Å². The Morgan fingerprint density at radius 2 is 1.90 bits per heavy atom. The van der Waals surface area contributed by atoms with Crippen molar-refractivity contribution in [3.05, 3.63) is 60.2 Å². The molecule has 1 heterocycles. The van der Waals surface area contributed by atoms with Gasteiger partial charge in [-0.05, 0) is 31.5 Å². The van der Waals surface area contributed by atoms with E-state index in [4.69, 9.17) is 9.73 Å². The lowest BCUT2D eigenvalue weighted by molar-refractivity contribution is -0.129. The van der Waals surface area contributed by atoms with Crippen LogP contribution in [0.25, 0.3) is 0 Å². The van der Waals surface area contributed by atoms with Gasteiger partial charge in [0, 0.05) is 37.7 Å². The Balaban J connectivity index is 1.65. The summed E-state index contributed by atoms with van der Waals surface area (Å²) in [4.78, 5) is 18.6. The van der Waals surface area contributed by atoms with E-state index in [9.17, 15) is 4.79 Å². The maximum absolute atomic E-state index is 11.9. The molecule has 0 spiro atoms. The second-order valence-electron chi connectivity index (χ2n) is 7.04. The first-order valence-electron chi connectivity index (χ1n) is 10.3. The highest BCUT2D eigenvalue weighted by Gasteiger charge is 2.25. The van der Waals surface area contributed by atoms with E-state index in [0.29, 0.717) is 13.0 Å². The summed E-state index contributed by atoms with van der Waals surface area (Å²) in [6, 6.07) is 17.9. The first kappa shape index (κ1) is 20.7. The molecule has 2 aromatic rings. The Morgan fingerprint density at radius 1 is 1.14 bits per heavy atom. The molecule has 1 atom stereocenters. The second-order valence-corrected chi connectivity index (χ2v) is 7.04. The van der Waals surface area contributed by atoms with Crippen LogP contribution in [0.5, 0.6) is 11.5 Å². The van der Waals surface area contributed by atoms with Gasteiger partial charge < -0.3 is 20.3 Å². The number of nitrogens with one attached hydrogen (secondary N) is 2. The summed E-state index contributed by atoms with van der Waals surface area (Å²) in [6.45, 7) is 6.76. The van der Waals surface area contributed by atoms with Crippen LogP contribution in [0.4, 0.5) is 0 Å². The van der Waals surface area contributed by atoms with Crippen molar-refractivity contribution < 1.29 is 9.53 Å². The van der Waals surface area contributed by atoms with E-state index in [0.717, 1.165) is 49.1 Å². The van der Waals surface area contributed by atoms with Crippen LogP contribution in [0.3, 0.4) is 0 Å². The molecule has 1 fully saturated rings. The van der Waals surface area contributed by atoms with Crippen LogP contribution in [-0.2, 0) is 11.3 Å². The van der Waals surface area contributed by atoms with Crippen molar-refractivity contribution in [2.24, 2.45) is 4.99 Å². The minimum Gasteiger partial charge on any atom is -0.457 e. The van der Waals surface area contributed by atoms with E-state index in [2.05, 4.69) is 10.6 Å². The molecule has 3 rings (SSSR count). The SMILES string of the molecule is CCNC(=NCc1ccccc1Oc1ccccc1)NC1CCN(C(=O)CC)C1. The zero-order chi connectivity index (χ0) is 20.5. The average molecular weight is 395 g/mol. The maximum Gasteiger partial charge on any atom is 0.222 e. The number of para-hydroxylation sites is 2. The van der Waals surface area contributed by atoms with Gasteiger partial charge in [0.15, 0.2) is 5.96 Å². The Bertz CT molecular complexity index is 823. The monoisotopic (exact) mass is 394 g/mol. The van der Waals surface area contributed by atoms with Crippen molar-refractivity contribution >= 4 is 11.9 Å². The quantitative estimate of drug-likeness (QED) is 0.557. The molecule has 0 aliphatic carbocycles. The third kappa shape index (κ3) is 5.98. The fraction of sp³-hybridized carbons (Fsp3) is 0.391. The van der Waals surface area contributed by atoms with Gasteiger partial charge in [0.1, 0.15) is 11.5 Å². The van der Waals surface area contributed by atoms with Crippen LogP contribution in [0.2, 0.25) is 0 Å². The minimum absolute atomic E-state index is 0.211. The summed E-state index contributed by atoms with van der Waals surface area (Å²) in [7, 11) is 0. The third-order valence-corrected chi connectivity index (χ3v) is 4.88. The topological polar surface area (TPSA) is 66.0 Å². The number of hydrogen-bond donors (Lipinski definition) is 2. The molecule has 0 radical (unpaired) electrons. The summed E-state index contributed by atoms with van der Waals surface area (Å²) in [5.74, 6) is 2.58. The summed E-state index contributed by atoms with van der Waals surface area (Å²) in [6.07, 6.45) is 1.49. The molecule has 1 saturated heterocycles. The number of amides is 1. The van der Waals surface area contributed by atoms with Crippen molar-refractivity contribution in [3.8, 4) is 11.5 Å². The van der Waals surface area contributed by atoms with E-state index in [-0.39, 0.29) is 11.9 Å². The van der Waals surface area contributed by atoms with Crippen molar-refractivity contribution in [1.82, 2.24) is 15.5 Å². The van der Waals surface area contributed by atoms with Gasteiger partial charge in [-0.2, -0.15) is 0 Å². The van der Waals surface area contributed by atoms with E-state index in [1.54, 1.807) is 0 Å². The number of carbonyl (C=O) groups excluding carboxylic acids is 1. The van der Waals surface area contributed by atoms with Crippen LogP contribution in [0, 0.1) is 0 Å². The molecular weight excluding hydrogens is 364 g/mol. The van der Waals surface area contributed by atoms with E-state index < -0.39 is 0 Å². The third-order valence-electron chi connectivity index (χ3n) is 4.88. The molecule has 29 heavy (non-hydrogen) atoms. The molecular formula is C23H30N4O2. The predicted molar refractivity (Wildman–Crippen MR) is 116 cm³/mol. The second kappa shape index (κ2) is 10.5. The zero-order valence-corrected chi connectivity index (χ0v) is 17.2. The van der Waals surface area contributed by atoms with Crippen LogP contribution in [0.15, 0.2) is 59.6 Å². The largest absolute Gasteiger partial charge is 0.457 e. The van der Waals surface area contributed by atoms with Crippen LogP contribution in [0.1, 0.15) is 32.3 Å². The molecule has 0 saturated carbocycles. The number of ether oxygens (including phenoxy) is 1. The number of hydrogen-bond acceptors (Lipinski definition) is 3. The average Bonchev–Trinajstić information content (AvgIpc) is 3.22. The number of rotatable bonds is 7. The first-order chi connectivity index (χ1) is 14.2. The van der Waals surface area contributed by atoms with E-state index >= 15 is 0 Å². The van der Waals surface area contributed by atoms with Crippen molar-refractivity contribution in [2.75, 3.05) is 19.6 Å². The highest BCUT2D eigenvalue weighted by molar-refractivity contribution is 5.80. The summed E-state index contributed by atoms with van der Waals surface area (Å²) in [5.41, 5.74) is 1.02. The molecule has 6 nitrogen and oxygen atoms in total. The Kier molecular flexibility index (Phi) is 7.50. The van der Waals surface area contributed by atoms with Gasteiger partial charge in [0.05, 0.1) is 6.54 Å². The van der Waals surface area contributed by atoms with Crippen LogP contribution >= 0.6 is 0 Å². The van der Waals surface area contributed by atoms with Crippen molar-refractivity contribution in [1.29, 1.82) is 0 Å². The highest BCUT2D eigenvalue weighted by atomic mass is 16.5. The normalized spacial score (nSPS) is 16.6. The molecule has 154 valence electrons. The van der Waals surface area contributed by atoms with Gasteiger partial charge in [-0.3, -0.25) is 4.79 Å². The van der Waals surface area contributed by atoms with E-state index in [1.165, 1.54) is 0 Å². The number of likely N-dealkylation sites (tertiary alicyclic amines) is 1. The molecule has 2 aromatic carbocycles. The molecule has 1 unspecified atom stereocenters. The lowest BCUT2D eigenvalue weighted by Gasteiger charge is -2.19. The molecule has 1 aliphatic heterocycles. The molecule has 1 aliphatic rings. The minimum atomic E-state index is 0.211. The van der Waals surface area contributed by atoms with Gasteiger partial charge in [0.25, 0.3) is 0 Å². The molecule has 0 aromatic heterocycles. The fourth-order valence-corrected chi connectivity index (χ4v) is 3.36. The fourth-order valence-electron chi connectivity index (χ4n) is 3.36. The number of guanidine groups is 1. The summed E-state index contributed by atoms with van der Waals surface area (Å²) in [5, 5.41) is 6.77. The lowest BCUT2D eigenvalue weighted by atomic mass is 10.2. The number of nitrogens with zero attached hydrogens (tertiary/aromatic N) is 2. The highest BCUT2D eigenvalue weighted by Crippen LogP contribution is 2.25. The number of aliphatic imine (C=N–C) groups is 1. The standard InChI is InChI=1S/C23H30N4O2/c1-3-22(28)27-15-14-19(17-27)26-23(24-4-2)25-16-18-10-8-9-13-21(18)29-20-11-6-5-7-12-20/h5-13,19H,3-4,14-17H2,1-2H3,(H2,24,25,26). The Labute approximate surface area is 173 Å². The van der Waals surface area contributed by atoms with E-state index in [1.807, 2.05) is 73.3 Å². The predicted octanol–water partition coefficient (Wildman–Crippen LogP) is 3.54. The smallest absolute Gasteiger partial charge is 0.222 e. The number of carbonyl (C=O) groups is 1. The van der Waals surface area contributed by atoms with Crippen LogP contribution in [-0.4, -0.2) is 42.4 Å². The molecule has 1 amide bonds.